The maximum Gasteiger partial charge on any atom is 0.329 e. The Bertz CT molecular complexity index is 484. The normalized spacial score (nSPS) is 17.9. The van der Waals surface area contributed by atoms with E-state index in [0.717, 1.165) is 17.7 Å². The number of hydrogen-bond acceptors (Lipinski definition) is 4. The predicted molar refractivity (Wildman–Crippen MR) is 67.8 cm³/mol. The van der Waals surface area contributed by atoms with Gasteiger partial charge < -0.3 is 10.4 Å². The zero-order valence-corrected chi connectivity index (χ0v) is 11.0. The van der Waals surface area contributed by atoms with Gasteiger partial charge in [-0.15, -0.1) is 11.3 Å². The summed E-state index contributed by atoms with van der Waals surface area (Å²) in [5, 5.41) is 14.8. The van der Waals surface area contributed by atoms with Crippen molar-refractivity contribution in [1.29, 1.82) is 0 Å². The van der Waals surface area contributed by atoms with Gasteiger partial charge in [0.25, 0.3) is 0 Å². The number of aryl methyl sites for hydroxylation is 1. The lowest BCUT2D eigenvalue weighted by Gasteiger charge is -2.25. The lowest BCUT2D eigenvalue weighted by molar-refractivity contribution is -0.144. The van der Waals surface area contributed by atoms with Gasteiger partial charge in [0.15, 0.2) is 5.13 Å². The fourth-order valence-electron chi connectivity index (χ4n) is 1.77. The lowest BCUT2D eigenvalue weighted by Crippen LogP contribution is -2.55. The Morgan fingerprint density at radius 2 is 2.22 bits per heavy atom. The summed E-state index contributed by atoms with van der Waals surface area (Å²) in [6.07, 6.45) is 3.32. The molecule has 7 heteroatoms. The van der Waals surface area contributed by atoms with Crippen LogP contribution in [0.25, 0.3) is 0 Å². The predicted octanol–water partition coefficient (Wildman–Crippen LogP) is 1.83. The van der Waals surface area contributed by atoms with Gasteiger partial charge in [-0.25, -0.2) is 14.6 Å². The van der Waals surface area contributed by atoms with Crippen LogP contribution in [0, 0.1) is 12.8 Å². The van der Waals surface area contributed by atoms with Crippen molar-refractivity contribution in [3.05, 3.63) is 11.1 Å². The summed E-state index contributed by atoms with van der Waals surface area (Å²) < 4.78 is 0. The number of nitrogens with zero attached hydrogens (tertiary/aromatic N) is 1. The number of anilines is 1. The van der Waals surface area contributed by atoms with E-state index >= 15 is 0 Å². The minimum Gasteiger partial charge on any atom is -0.480 e. The molecule has 1 aromatic rings. The molecule has 6 nitrogen and oxygen atoms in total. The van der Waals surface area contributed by atoms with Crippen molar-refractivity contribution < 1.29 is 14.7 Å². The van der Waals surface area contributed by atoms with Gasteiger partial charge in [0.2, 0.25) is 0 Å². The third-order valence-electron chi connectivity index (χ3n) is 3.05. The molecule has 0 spiro atoms. The van der Waals surface area contributed by atoms with Gasteiger partial charge in [-0.1, -0.05) is 0 Å². The minimum atomic E-state index is -1.20. The van der Waals surface area contributed by atoms with Gasteiger partial charge in [-0.05, 0) is 32.6 Å². The van der Waals surface area contributed by atoms with Crippen molar-refractivity contribution in [2.24, 2.45) is 5.92 Å². The third-order valence-corrected chi connectivity index (χ3v) is 3.88. The van der Waals surface area contributed by atoms with E-state index in [1.165, 1.54) is 11.3 Å². The van der Waals surface area contributed by atoms with Crippen LogP contribution in [-0.4, -0.2) is 27.6 Å². The summed E-state index contributed by atoms with van der Waals surface area (Å²) in [5.74, 6) is -0.991. The van der Waals surface area contributed by atoms with Crippen molar-refractivity contribution in [1.82, 2.24) is 10.3 Å². The molecule has 2 amide bonds. The van der Waals surface area contributed by atoms with Crippen molar-refractivity contribution in [2.45, 2.75) is 32.2 Å². The smallest absolute Gasteiger partial charge is 0.329 e. The van der Waals surface area contributed by atoms with Gasteiger partial charge in [0, 0.05) is 11.1 Å². The standard InChI is InChI=1S/C11H15N3O3S/c1-6-5-12-10(18-6)13-9(17)14-11(2,8(15)16)7-3-4-7/h5,7H,3-4H2,1-2H3,(H,15,16)(H2,12,13,14,17). The fraction of sp³-hybridized carbons (Fsp3) is 0.545. The number of amides is 2. The molecule has 1 atom stereocenters. The van der Waals surface area contributed by atoms with Crippen LogP contribution >= 0.6 is 11.3 Å². The van der Waals surface area contributed by atoms with Crippen LogP contribution in [0.2, 0.25) is 0 Å². The minimum absolute atomic E-state index is 0.0128. The van der Waals surface area contributed by atoms with E-state index in [4.69, 9.17) is 0 Å². The largest absolute Gasteiger partial charge is 0.480 e. The number of carboxylic acids is 1. The quantitative estimate of drug-likeness (QED) is 0.777. The molecule has 0 saturated heterocycles. The summed E-state index contributed by atoms with van der Waals surface area (Å²) in [5.41, 5.74) is -1.20. The van der Waals surface area contributed by atoms with Gasteiger partial charge in [0.1, 0.15) is 5.54 Å². The highest BCUT2D eigenvalue weighted by atomic mass is 32.1. The van der Waals surface area contributed by atoms with E-state index in [-0.39, 0.29) is 5.92 Å². The van der Waals surface area contributed by atoms with Crippen LogP contribution < -0.4 is 10.6 Å². The van der Waals surface area contributed by atoms with E-state index < -0.39 is 17.5 Å². The second kappa shape index (κ2) is 4.56. The number of urea groups is 1. The van der Waals surface area contributed by atoms with Crippen molar-refractivity contribution in [2.75, 3.05) is 5.32 Å². The number of rotatable bonds is 4. The average Bonchev–Trinajstić information content (AvgIpc) is 3.04. The first-order valence-corrected chi connectivity index (χ1v) is 6.48. The average molecular weight is 269 g/mol. The van der Waals surface area contributed by atoms with E-state index in [2.05, 4.69) is 15.6 Å². The molecule has 98 valence electrons. The summed E-state index contributed by atoms with van der Waals surface area (Å²) in [4.78, 5) is 28.0. The summed E-state index contributed by atoms with van der Waals surface area (Å²) in [6, 6.07) is -0.527. The summed E-state index contributed by atoms with van der Waals surface area (Å²) in [6.45, 7) is 3.42. The van der Waals surface area contributed by atoms with E-state index in [9.17, 15) is 14.7 Å². The molecular weight excluding hydrogens is 254 g/mol. The van der Waals surface area contributed by atoms with Gasteiger partial charge in [0.05, 0.1) is 0 Å². The molecule has 0 radical (unpaired) electrons. The zero-order chi connectivity index (χ0) is 13.3. The molecule has 1 saturated carbocycles. The van der Waals surface area contributed by atoms with E-state index in [0.29, 0.717) is 5.13 Å². The first-order chi connectivity index (χ1) is 8.41. The molecule has 1 unspecified atom stereocenters. The number of aromatic nitrogens is 1. The second-order valence-corrected chi connectivity index (χ2v) is 5.87. The van der Waals surface area contributed by atoms with Crippen LogP contribution in [0.1, 0.15) is 24.6 Å². The maximum atomic E-state index is 11.8. The lowest BCUT2D eigenvalue weighted by atomic mass is 9.96. The van der Waals surface area contributed by atoms with Gasteiger partial charge in [-0.2, -0.15) is 0 Å². The number of carbonyl (C=O) groups is 2. The maximum absolute atomic E-state index is 11.8. The molecule has 0 bridgehead atoms. The highest BCUT2D eigenvalue weighted by Crippen LogP contribution is 2.39. The monoisotopic (exact) mass is 269 g/mol. The van der Waals surface area contributed by atoms with Crippen molar-refractivity contribution >= 4 is 28.5 Å². The second-order valence-electron chi connectivity index (χ2n) is 4.64. The van der Waals surface area contributed by atoms with E-state index in [1.54, 1.807) is 13.1 Å². The van der Waals surface area contributed by atoms with Gasteiger partial charge in [-0.3, -0.25) is 5.32 Å². The Morgan fingerprint density at radius 3 is 2.67 bits per heavy atom. The SMILES string of the molecule is Cc1cnc(NC(=O)NC(C)(C(=O)O)C2CC2)s1. The Labute approximate surface area is 108 Å². The number of nitrogens with one attached hydrogen (secondary N) is 2. The molecule has 1 fully saturated rings. The fourth-order valence-corrected chi connectivity index (χ4v) is 2.43. The molecule has 1 heterocycles. The first kappa shape index (κ1) is 12.8. The highest BCUT2D eigenvalue weighted by molar-refractivity contribution is 7.15. The number of aliphatic carboxylic acids is 1. The van der Waals surface area contributed by atoms with Crippen LogP contribution in [0.3, 0.4) is 0 Å². The molecule has 18 heavy (non-hydrogen) atoms. The Balaban J connectivity index is 1.99. The van der Waals surface area contributed by atoms with Gasteiger partial charge >= 0.3 is 12.0 Å². The van der Waals surface area contributed by atoms with Crippen LogP contribution in [-0.2, 0) is 4.79 Å². The van der Waals surface area contributed by atoms with Crippen LogP contribution in [0.15, 0.2) is 6.20 Å². The van der Waals surface area contributed by atoms with Crippen molar-refractivity contribution in [3.8, 4) is 0 Å². The third kappa shape index (κ3) is 2.61. The van der Waals surface area contributed by atoms with Crippen LogP contribution in [0.5, 0.6) is 0 Å². The summed E-state index contributed by atoms with van der Waals surface area (Å²) >= 11 is 1.34. The topological polar surface area (TPSA) is 91.3 Å². The molecular formula is C11H15N3O3S. The first-order valence-electron chi connectivity index (χ1n) is 5.67. The molecule has 1 aliphatic rings. The van der Waals surface area contributed by atoms with Crippen LogP contribution in [0.4, 0.5) is 9.93 Å². The molecule has 1 aromatic heterocycles. The molecule has 3 N–H and O–H groups in total. The zero-order valence-electron chi connectivity index (χ0n) is 10.2. The molecule has 1 aliphatic carbocycles. The Kier molecular flexibility index (Phi) is 3.25. The number of carbonyl (C=O) groups excluding carboxylic acids is 1. The van der Waals surface area contributed by atoms with E-state index in [1.807, 2.05) is 6.92 Å². The van der Waals surface area contributed by atoms with Crippen molar-refractivity contribution in [3.63, 3.8) is 0 Å². The number of carboxylic acid groups (broad SMARTS) is 1. The Morgan fingerprint density at radius 1 is 1.56 bits per heavy atom. The number of hydrogen-bond donors (Lipinski definition) is 3. The molecule has 0 aromatic carbocycles. The summed E-state index contributed by atoms with van der Waals surface area (Å²) in [7, 11) is 0. The molecule has 2 rings (SSSR count). The molecule has 0 aliphatic heterocycles. The highest BCUT2D eigenvalue weighted by Gasteiger charge is 2.48. The number of thiazole rings is 1. The Hall–Kier alpha value is -1.63.